The van der Waals surface area contributed by atoms with Crippen molar-refractivity contribution in [2.24, 2.45) is 0 Å². The zero-order valence-corrected chi connectivity index (χ0v) is 11.1. The van der Waals surface area contributed by atoms with Crippen LogP contribution in [0.2, 0.25) is 0 Å². The highest BCUT2D eigenvalue weighted by molar-refractivity contribution is 5.42. The third-order valence-electron chi connectivity index (χ3n) is 4.71. The minimum Gasteiger partial charge on any atom is -0.295 e. The molecule has 0 aliphatic carbocycles. The van der Waals surface area contributed by atoms with Gasteiger partial charge in [-0.2, -0.15) is 0 Å². The second kappa shape index (κ2) is 4.50. The highest BCUT2D eigenvalue weighted by Crippen LogP contribution is 2.43. The van der Waals surface area contributed by atoms with Crippen LogP contribution in [0.4, 0.5) is 0 Å². The van der Waals surface area contributed by atoms with E-state index in [1.165, 1.54) is 31.5 Å². The Kier molecular flexibility index (Phi) is 2.66. The van der Waals surface area contributed by atoms with E-state index in [-0.39, 0.29) is 0 Å². The maximum absolute atomic E-state index is 2.68. The van der Waals surface area contributed by atoms with Crippen LogP contribution in [0, 0.1) is 0 Å². The van der Waals surface area contributed by atoms with Crippen molar-refractivity contribution >= 4 is 0 Å². The van der Waals surface area contributed by atoms with Crippen molar-refractivity contribution in [3.05, 3.63) is 71.3 Å². The molecule has 2 aliphatic rings. The van der Waals surface area contributed by atoms with Gasteiger partial charge in [0.25, 0.3) is 0 Å². The summed E-state index contributed by atoms with van der Waals surface area (Å²) >= 11 is 0. The highest BCUT2D eigenvalue weighted by atomic mass is 15.2. The summed E-state index contributed by atoms with van der Waals surface area (Å²) in [4.78, 5) is 2.68. The summed E-state index contributed by atoms with van der Waals surface area (Å²) in [5.74, 6) is 0.548. The van der Waals surface area contributed by atoms with Gasteiger partial charge in [0.05, 0.1) is 0 Å². The van der Waals surface area contributed by atoms with Gasteiger partial charge in [0.1, 0.15) is 0 Å². The SMILES string of the molecule is c1ccc([C@H]2CN3CCC[C@@H]3c3ccccc32)cc1. The van der Waals surface area contributed by atoms with Crippen molar-refractivity contribution in [3.63, 3.8) is 0 Å². The molecule has 2 heterocycles. The Morgan fingerprint density at radius 2 is 1.58 bits per heavy atom. The molecule has 1 heteroatoms. The lowest BCUT2D eigenvalue weighted by Gasteiger charge is -2.37. The fourth-order valence-electron chi connectivity index (χ4n) is 3.83. The van der Waals surface area contributed by atoms with E-state index in [1.807, 2.05) is 0 Å². The first kappa shape index (κ1) is 11.2. The van der Waals surface area contributed by atoms with Crippen LogP contribution in [0.3, 0.4) is 0 Å². The minimum atomic E-state index is 0.548. The van der Waals surface area contributed by atoms with Gasteiger partial charge >= 0.3 is 0 Å². The smallest absolute Gasteiger partial charge is 0.0351 e. The summed E-state index contributed by atoms with van der Waals surface area (Å²) in [6.07, 6.45) is 2.68. The second-order valence-electron chi connectivity index (χ2n) is 5.75. The molecule has 0 bridgehead atoms. The monoisotopic (exact) mass is 249 g/mol. The summed E-state index contributed by atoms with van der Waals surface area (Å²) in [5, 5.41) is 0. The van der Waals surface area contributed by atoms with Crippen LogP contribution >= 0.6 is 0 Å². The molecule has 0 aromatic heterocycles. The Morgan fingerprint density at radius 1 is 0.842 bits per heavy atom. The van der Waals surface area contributed by atoms with Gasteiger partial charge in [-0.3, -0.25) is 4.90 Å². The van der Waals surface area contributed by atoms with Crippen molar-refractivity contribution in [1.29, 1.82) is 0 Å². The van der Waals surface area contributed by atoms with E-state index in [0.717, 1.165) is 0 Å². The highest BCUT2D eigenvalue weighted by Gasteiger charge is 2.35. The van der Waals surface area contributed by atoms with E-state index in [4.69, 9.17) is 0 Å². The molecule has 0 radical (unpaired) electrons. The summed E-state index contributed by atoms with van der Waals surface area (Å²) in [7, 11) is 0. The molecule has 19 heavy (non-hydrogen) atoms. The number of fused-ring (bicyclic) bond motifs is 3. The average molecular weight is 249 g/mol. The largest absolute Gasteiger partial charge is 0.295 e. The van der Waals surface area contributed by atoms with Gasteiger partial charge in [-0.1, -0.05) is 54.6 Å². The molecule has 1 saturated heterocycles. The van der Waals surface area contributed by atoms with Crippen LogP contribution in [-0.4, -0.2) is 18.0 Å². The Morgan fingerprint density at radius 3 is 2.42 bits per heavy atom. The number of hydrogen-bond donors (Lipinski definition) is 0. The Labute approximate surface area is 114 Å². The van der Waals surface area contributed by atoms with Crippen LogP contribution in [0.15, 0.2) is 54.6 Å². The molecule has 0 unspecified atom stereocenters. The molecule has 96 valence electrons. The molecule has 0 N–H and O–H groups in total. The van der Waals surface area contributed by atoms with E-state index < -0.39 is 0 Å². The van der Waals surface area contributed by atoms with Gasteiger partial charge in [0.2, 0.25) is 0 Å². The van der Waals surface area contributed by atoms with Crippen LogP contribution in [0.5, 0.6) is 0 Å². The molecule has 1 nitrogen and oxygen atoms in total. The second-order valence-corrected chi connectivity index (χ2v) is 5.75. The topological polar surface area (TPSA) is 3.24 Å². The molecule has 4 rings (SSSR count). The summed E-state index contributed by atoms with van der Waals surface area (Å²) < 4.78 is 0. The van der Waals surface area contributed by atoms with Crippen LogP contribution in [-0.2, 0) is 0 Å². The summed E-state index contributed by atoms with van der Waals surface area (Å²) in [6.45, 7) is 2.45. The third-order valence-corrected chi connectivity index (χ3v) is 4.71. The van der Waals surface area contributed by atoms with Gasteiger partial charge in [0, 0.05) is 18.5 Å². The van der Waals surface area contributed by atoms with Crippen molar-refractivity contribution in [3.8, 4) is 0 Å². The molecule has 0 amide bonds. The van der Waals surface area contributed by atoms with Crippen LogP contribution in [0.1, 0.15) is 41.5 Å². The molecule has 2 aromatic carbocycles. The molecule has 0 spiro atoms. The van der Waals surface area contributed by atoms with Gasteiger partial charge in [-0.05, 0) is 36.1 Å². The van der Waals surface area contributed by atoms with Crippen LogP contribution < -0.4 is 0 Å². The van der Waals surface area contributed by atoms with E-state index in [2.05, 4.69) is 59.5 Å². The number of hydrogen-bond acceptors (Lipinski definition) is 1. The summed E-state index contributed by atoms with van der Waals surface area (Å²) in [6, 6.07) is 20.7. The van der Waals surface area contributed by atoms with Crippen LogP contribution in [0.25, 0.3) is 0 Å². The van der Waals surface area contributed by atoms with Crippen molar-refractivity contribution in [2.45, 2.75) is 24.8 Å². The quantitative estimate of drug-likeness (QED) is 0.739. The zero-order valence-electron chi connectivity index (χ0n) is 11.1. The van der Waals surface area contributed by atoms with E-state index in [9.17, 15) is 0 Å². The fraction of sp³-hybridized carbons (Fsp3) is 0.333. The minimum absolute atomic E-state index is 0.548. The lowest BCUT2D eigenvalue weighted by molar-refractivity contribution is 0.230. The van der Waals surface area contributed by atoms with E-state index in [0.29, 0.717) is 12.0 Å². The summed E-state index contributed by atoms with van der Waals surface area (Å²) in [5.41, 5.74) is 4.58. The lowest BCUT2D eigenvalue weighted by atomic mass is 9.82. The Bertz CT molecular complexity index is 575. The maximum Gasteiger partial charge on any atom is 0.0351 e. The maximum atomic E-state index is 2.68. The Balaban J connectivity index is 1.83. The predicted octanol–water partition coefficient (Wildman–Crippen LogP) is 3.97. The fourth-order valence-corrected chi connectivity index (χ4v) is 3.83. The number of benzene rings is 2. The Hall–Kier alpha value is -1.60. The van der Waals surface area contributed by atoms with E-state index >= 15 is 0 Å². The third kappa shape index (κ3) is 1.81. The van der Waals surface area contributed by atoms with Crippen molar-refractivity contribution < 1.29 is 0 Å². The molecule has 2 aromatic rings. The van der Waals surface area contributed by atoms with Gasteiger partial charge in [-0.25, -0.2) is 0 Å². The molecule has 0 saturated carbocycles. The number of nitrogens with zero attached hydrogens (tertiary/aromatic N) is 1. The standard InChI is InChI=1S/C18H19N/c1-2-7-14(8-3-1)17-13-19-12-6-11-18(19)16-10-5-4-9-15(16)17/h1-5,7-10,17-18H,6,11-13H2/t17-,18-/m1/s1. The van der Waals surface area contributed by atoms with Gasteiger partial charge in [0.15, 0.2) is 0 Å². The average Bonchev–Trinajstić information content (AvgIpc) is 2.96. The first-order valence-electron chi connectivity index (χ1n) is 7.31. The lowest BCUT2D eigenvalue weighted by Crippen LogP contribution is -2.34. The molecular formula is C18H19N. The first-order valence-corrected chi connectivity index (χ1v) is 7.31. The van der Waals surface area contributed by atoms with Crippen molar-refractivity contribution in [1.82, 2.24) is 4.90 Å². The molecule has 1 fully saturated rings. The normalized spacial score (nSPS) is 25.9. The predicted molar refractivity (Wildman–Crippen MR) is 78.3 cm³/mol. The zero-order chi connectivity index (χ0) is 12.7. The van der Waals surface area contributed by atoms with Gasteiger partial charge < -0.3 is 0 Å². The molecule has 2 aliphatic heterocycles. The van der Waals surface area contributed by atoms with E-state index in [1.54, 1.807) is 11.1 Å². The number of rotatable bonds is 1. The molecule has 2 atom stereocenters. The molecular weight excluding hydrogens is 230 g/mol. The van der Waals surface area contributed by atoms with Gasteiger partial charge in [-0.15, -0.1) is 0 Å². The first-order chi connectivity index (χ1) is 9.43. The van der Waals surface area contributed by atoms with Crippen molar-refractivity contribution in [2.75, 3.05) is 13.1 Å².